The highest BCUT2D eigenvalue weighted by Crippen LogP contribution is 2.32. The van der Waals surface area contributed by atoms with Crippen LogP contribution in [0.3, 0.4) is 0 Å². The number of esters is 1. The number of fused-ring (bicyclic) bond motifs is 1. The van der Waals surface area contributed by atoms with Gasteiger partial charge in [-0.05, 0) is 31.0 Å². The number of sulfonamides is 1. The highest BCUT2D eigenvalue weighted by atomic mass is 35.5. The number of aromatic nitrogens is 1. The van der Waals surface area contributed by atoms with Crippen LogP contribution in [0.25, 0.3) is 10.2 Å². The molecular formula is C20H18ClF2N3O5S3. The lowest BCUT2D eigenvalue weighted by molar-refractivity contribution is -0.141. The molecule has 3 aromatic rings. The van der Waals surface area contributed by atoms with Gasteiger partial charge in [-0.2, -0.15) is 9.30 Å². The topological polar surface area (TPSA) is 98.0 Å². The van der Waals surface area contributed by atoms with Crippen LogP contribution >= 0.6 is 34.3 Å². The van der Waals surface area contributed by atoms with Gasteiger partial charge in [0.2, 0.25) is 0 Å². The van der Waals surface area contributed by atoms with Gasteiger partial charge in [-0.15, -0.1) is 11.3 Å². The number of nitrogens with zero attached hydrogens (tertiary/aromatic N) is 3. The van der Waals surface area contributed by atoms with Gasteiger partial charge in [0.15, 0.2) is 10.6 Å². The fourth-order valence-electron chi connectivity index (χ4n) is 3.71. The molecule has 0 spiro atoms. The van der Waals surface area contributed by atoms with E-state index in [0.717, 1.165) is 44.7 Å². The highest BCUT2D eigenvalue weighted by Gasteiger charge is 2.38. The van der Waals surface area contributed by atoms with Crippen molar-refractivity contribution in [2.75, 3.05) is 13.7 Å². The van der Waals surface area contributed by atoms with Crippen molar-refractivity contribution in [1.82, 2.24) is 8.87 Å². The predicted molar refractivity (Wildman–Crippen MR) is 123 cm³/mol. The van der Waals surface area contributed by atoms with E-state index in [1.807, 2.05) is 0 Å². The Hall–Kier alpha value is -2.19. The number of methoxy groups -OCH3 is 1. The second kappa shape index (κ2) is 9.82. The van der Waals surface area contributed by atoms with Gasteiger partial charge >= 0.3 is 5.97 Å². The zero-order chi connectivity index (χ0) is 24.6. The minimum absolute atomic E-state index is 0.0114. The fraction of sp³-hybridized carbons (Fsp3) is 0.350. The average molecular weight is 550 g/mol. The van der Waals surface area contributed by atoms with Crippen molar-refractivity contribution in [2.24, 2.45) is 4.99 Å². The Kier molecular flexibility index (Phi) is 7.20. The predicted octanol–water partition coefficient (Wildman–Crippen LogP) is 3.54. The molecule has 0 aliphatic carbocycles. The standard InChI is InChI=1S/C20H18ClF2N3O5S3/c1-31-16(27)10-25-18-12(23)8-11(22)9-14(18)32-20(25)24-19(28)13-4-2-3-7-26(13)34(29,30)17-6-5-15(21)33-17/h5-6,8-9,13H,2-4,7,10H2,1H3. The lowest BCUT2D eigenvalue weighted by atomic mass is 10.0. The number of halogens is 3. The molecule has 4 rings (SSSR count). The maximum absolute atomic E-state index is 14.5. The van der Waals surface area contributed by atoms with Crippen LogP contribution in [0.4, 0.5) is 8.78 Å². The van der Waals surface area contributed by atoms with Crippen molar-refractivity contribution in [3.63, 3.8) is 0 Å². The molecule has 1 aromatic carbocycles. The Morgan fingerprint density at radius 3 is 2.68 bits per heavy atom. The summed E-state index contributed by atoms with van der Waals surface area (Å²) in [5, 5.41) is 0. The van der Waals surface area contributed by atoms with Crippen LogP contribution in [0.2, 0.25) is 4.34 Å². The van der Waals surface area contributed by atoms with E-state index < -0.39 is 46.1 Å². The van der Waals surface area contributed by atoms with Crippen LogP contribution in [0.15, 0.2) is 33.5 Å². The lowest BCUT2D eigenvalue weighted by Crippen LogP contribution is -2.47. The summed E-state index contributed by atoms with van der Waals surface area (Å²) in [5.74, 6) is -3.25. The molecule has 2 aromatic heterocycles. The van der Waals surface area contributed by atoms with E-state index in [2.05, 4.69) is 9.73 Å². The van der Waals surface area contributed by atoms with E-state index in [4.69, 9.17) is 11.6 Å². The summed E-state index contributed by atoms with van der Waals surface area (Å²) in [6.07, 6.45) is 1.42. The third-order valence-electron chi connectivity index (χ3n) is 5.27. The third-order valence-corrected chi connectivity index (χ3v) is 9.90. The van der Waals surface area contributed by atoms with Crippen LogP contribution in [0, 0.1) is 11.6 Å². The highest BCUT2D eigenvalue weighted by molar-refractivity contribution is 7.91. The number of piperidine rings is 1. The summed E-state index contributed by atoms with van der Waals surface area (Å²) in [6.45, 7) is -0.344. The van der Waals surface area contributed by atoms with Gasteiger partial charge in [-0.1, -0.05) is 29.4 Å². The molecule has 0 bridgehead atoms. The summed E-state index contributed by atoms with van der Waals surface area (Å²) in [5.41, 5.74) is -0.107. The Bertz CT molecular complexity index is 1450. The van der Waals surface area contributed by atoms with Crippen LogP contribution in [-0.4, -0.2) is 48.9 Å². The first-order chi connectivity index (χ1) is 16.1. The van der Waals surface area contributed by atoms with Crippen molar-refractivity contribution >= 4 is 66.4 Å². The second-order valence-electron chi connectivity index (χ2n) is 7.42. The molecule has 8 nitrogen and oxygen atoms in total. The molecule has 1 fully saturated rings. The van der Waals surface area contributed by atoms with Crippen molar-refractivity contribution in [2.45, 2.75) is 36.1 Å². The van der Waals surface area contributed by atoms with Crippen molar-refractivity contribution in [3.05, 3.63) is 45.0 Å². The van der Waals surface area contributed by atoms with Gasteiger partial charge in [0.25, 0.3) is 15.9 Å². The first-order valence-electron chi connectivity index (χ1n) is 10.0. The van der Waals surface area contributed by atoms with E-state index in [1.54, 1.807) is 0 Å². The van der Waals surface area contributed by atoms with E-state index in [9.17, 15) is 26.8 Å². The summed E-state index contributed by atoms with van der Waals surface area (Å²) in [6, 6.07) is 3.49. The monoisotopic (exact) mass is 549 g/mol. The number of hydrogen-bond acceptors (Lipinski definition) is 7. The Morgan fingerprint density at radius 2 is 2.00 bits per heavy atom. The van der Waals surface area contributed by atoms with Gasteiger partial charge in [0.1, 0.15) is 22.6 Å². The number of benzene rings is 1. The number of thiazole rings is 1. The molecule has 1 amide bonds. The summed E-state index contributed by atoms with van der Waals surface area (Å²) in [4.78, 5) is 29.1. The Balaban J connectivity index is 1.79. The minimum Gasteiger partial charge on any atom is -0.468 e. The molecule has 182 valence electrons. The number of carbonyl (C=O) groups is 2. The molecule has 34 heavy (non-hydrogen) atoms. The summed E-state index contributed by atoms with van der Waals surface area (Å²) >= 11 is 7.60. The average Bonchev–Trinajstić information content (AvgIpc) is 3.37. The number of thiophene rings is 1. The molecule has 0 radical (unpaired) electrons. The molecular weight excluding hydrogens is 532 g/mol. The second-order valence-corrected chi connectivity index (χ2v) is 12.3. The molecule has 0 saturated carbocycles. The number of rotatable bonds is 5. The molecule has 1 atom stereocenters. The van der Waals surface area contributed by atoms with Crippen LogP contribution in [-0.2, 0) is 30.9 Å². The van der Waals surface area contributed by atoms with E-state index in [-0.39, 0.29) is 32.2 Å². The van der Waals surface area contributed by atoms with Gasteiger partial charge in [0, 0.05) is 12.6 Å². The number of ether oxygens (including phenoxy) is 1. The van der Waals surface area contributed by atoms with Gasteiger partial charge in [0.05, 0.1) is 21.7 Å². The van der Waals surface area contributed by atoms with Crippen LogP contribution in [0.5, 0.6) is 0 Å². The normalized spacial score (nSPS) is 17.9. The van der Waals surface area contributed by atoms with E-state index in [1.165, 1.54) is 12.1 Å². The molecule has 14 heteroatoms. The zero-order valence-electron chi connectivity index (χ0n) is 17.7. The van der Waals surface area contributed by atoms with E-state index in [0.29, 0.717) is 23.2 Å². The number of hydrogen-bond donors (Lipinski definition) is 0. The molecule has 1 saturated heterocycles. The Labute approximate surface area is 206 Å². The summed E-state index contributed by atoms with van der Waals surface area (Å²) < 4.78 is 62.0. The zero-order valence-corrected chi connectivity index (χ0v) is 20.9. The van der Waals surface area contributed by atoms with Gasteiger partial charge in [-0.25, -0.2) is 17.2 Å². The van der Waals surface area contributed by atoms with Crippen molar-refractivity contribution < 1.29 is 31.5 Å². The molecule has 1 aliphatic rings. The largest absolute Gasteiger partial charge is 0.468 e. The van der Waals surface area contributed by atoms with Gasteiger partial charge < -0.3 is 9.30 Å². The van der Waals surface area contributed by atoms with Crippen molar-refractivity contribution in [3.8, 4) is 0 Å². The lowest BCUT2D eigenvalue weighted by Gasteiger charge is -2.31. The number of carbonyl (C=O) groups excluding carboxylic acids is 2. The molecule has 0 N–H and O–H groups in total. The van der Waals surface area contributed by atoms with Crippen LogP contribution < -0.4 is 4.80 Å². The fourth-order valence-corrected chi connectivity index (χ4v) is 8.05. The summed E-state index contributed by atoms with van der Waals surface area (Å²) in [7, 11) is -2.85. The molecule has 1 aliphatic heterocycles. The Morgan fingerprint density at radius 1 is 1.24 bits per heavy atom. The quantitative estimate of drug-likeness (QED) is 0.453. The number of amides is 1. The maximum atomic E-state index is 14.5. The van der Waals surface area contributed by atoms with Crippen molar-refractivity contribution in [1.29, 1.82) is 0 Å². The molecule has 1 unspecified atom stereocenters. The first-order valence-corrected chi connectivity index (χ1v) is 13.5. The van der Waals surface area contributed by atoms with E-state index >= 15 is 0 Å². The minimum atomic E-state index is -4.00. The SMILES string of the molecule is COC(=O)Cn1c(=NC(=O)C2CCCCN2S(=O)(=O)c2ccc(Cl)s2)sc2cc(F)cc(F)c21. The molecule has 3 heterocycles. The smallest absolute Gasteiger partial charge is 0.325 e. The maximum Gasteiger partial charge on any atom is 0.325 e. The first kappa shape index (κ1) is 24.9. The van der Waals surface area contributed by atoms with Crippen LogP contribution in [0.1, 0.15) is 19.3 Å². The van der Waals surface area contributed by atoms with Gasteiger partial charge in [-0.3, -0.25) is 9.59 Å². The third kappa shape index (κ3) is 4.80.